The third kappa shape index (κ3) is 12.8. The molecule has 0 saturated heterocycles. The molecule has 31 heteroatoms. The second kappa shape index (κ2) is 31.9. The van der Waals surface area contributed by atoms with E-state index in [2.05, 4.69) is 243 Å². The molecule has 12 aromatic rings. The molecule has 0 radical (unpaired) electrons. The van der Waals surface area contributed by atoms with Crippen LogP contribution in [0.1, 0.15) is 126 Å². The van der Waals surface area contributed by atoms with Crippen molar-refractivity contribution < 1.29 is 15.1 Å². The van der Waals surface area contributed by atoms with Gasteiger partial charge in [0.25, 0.3) is 0 Å². The lowest BCUT2D eigenvalue weighted by Crippen LogP contribution is -2.40. The Balaban J connectivity index is 0.000000124. The summed E-state index contributed by atoms with van der Waals surface area (Å²) in [7, 11) is 6.18. The molecule has 8 aliphatic rings. The zero-order chi connectivity index (χ0) is 94.1. The summed E-state index contributed by atoms with van der Waals surface area (Å²) in [6.45, 7) is 22.5. The molecule has 0 unspecified atom stereocenters. The number of nitrogens with zero attached hydrogens (tertiary/aromatic N) is 31. The third-order valence-electron chi connectivity index (χ3n) is 24.7. The summed E-state index contributed by atoms with van der Waals surface area (Å²) in [5.74, 6) is 10.5. The van der Waals surface area contributed by atoms with Gasteiger partial charge in [-0.3, -0.25) is 0 Å². The molecule has 4 aromatic carbocycles. The van der Waals surface area contributed by atoms with Crippen LogP contribution in [0.4, 0.5) is 138 Å². The van der Waals surface area contributed by atoms with Crippen molar-refractivity contribution in [3.05, 3.63) is 200 Å². The predicted molar refractivity (Wildman–Crippen MR) is 486 cm³/mol. The van der Waals surface area contributed by atoms with Gasteiger partial charge in [-0.1, -0.05) is 18.2 Å². The molecular formula is C90H107N31. The van der Waals surface area contributed by atoms with Crippen LogP contribution in [-0.2, 0) is 0 Å². The molecule has 31 nitrogen and oxygen atoms in total. The van der Waals surface area contributed by atoms with Gasteiger partial charge in [-0.15, -0.1) is 0 Å². The molecule has 0 N–H and O–H groups in total. The van der Waals surface area contributed by atoms with Crippen LogP contribution in [0, 0.1) is 34.6 Å². The maximum absolute atomic E-state index is 8.48. The van der Waals surface area contributed by atoms with Crippen LogP contribution in [0.5, 0.6) is 0 Å². The molecule has 0 fully saturated rings. The van der Waals surface area contributed by atoms with Crippen molar-refractivity contribution in [3.63, 3.8) is 0 Å². The minimum absolute atomic E-state index is 0.0169. The molecule has 0 amide bonds. The smallest absolute Gasteiger partial charge is 0.178 e. The summed E-state index contributed by atoms with van der Waals surface area (Å²) in [5, 5.41) is 0. The van der Waals surface area contributed by atoms with E-state index in [0.717, 1.165) is 121 Å². The number of aromatic nitrogens is 15. The van der Waals surface area contributed by atoms with Gasteiger partial charge in [0, 0.05) is 208 Å². The van der Waals surface area contributed by atoms with Crippen molar-refractivity contribution in [1.82, 2.24) is 74.8 Å². The monoisotopic (exact) mass is 1630 g/mol. The van der Waals surface area contributed by atoms with Gasteiger partial charge in [0.2, 0.25) is 0 Å². The molecular weight excluding hydrogens is 1520 g/mol. The van der Waals surface area contributed by atoms with Crippen molar-refractivity contribution in [2.75, 3.05) is 133 Å². The van der Waals surface area contributed by atoms with Gasteiger partial charge >= 0.3 is 0 Å². The van der Waals surface area contributed by atoms with Crippen LogP contribution in [-0.4, -0.2) is 178 Å². The largest absolute Gasteiger partial charge is 0.337 e. The maximum atomic E-state index is 8.48. The Kier molecular flexibility index (Phi) is 17.8. The fourth-order valence-electron chi connectivity index (χ4n) is 18.2. The molecule has 20 rings (SSSR count). The highest BCUT2D eigenvalue weighted by Crippen LogP contribution is 2.54. The van der Waals surface area contributed by atoms with Crippen LogP contribution >= 0.6 is 0 Å². The molecule has 0 spiro atoms. The van der Waals surface area contributed by atoms with E-state index >= 15 is 0 Å². The second-order valence-electron chi connectivity index (χ2n) is 30.9. The first-order valence-corrected chi connectivity index (χ1v) is 40.8. The topological polar surface area (TPSA) is 245 Å². The fraction of sp³-hybridized carbons (Fsp3) is 0.367. The quantitative estimate of drug-likeness (QED) is 0.110. The Morgan fingerprint density at radius 2 is 0.504 bits per heavy atom. The fourth-order valence-corrected chi connectivity index (χ4v) is 18.2. The number of anilines is 24. The van der Waals surface area contributed by atoms with Crippen LogP contribution in [0.3, 0.4) is 0 Å². The lowest BCUT2D eigenvalue weighted by molar-refractivity contribution is 0.679. The second-order valence-corrected chi connectivity index (χ2v) is 30.9. The Hall–Kier alpha value is -13.6. The summed E-state index contributed by atoms with van der Waals surface area (Å²) in [4.78, 5) is 100. The lowest BCUT2D eigenvalue weighted by Gasteiger charge is -2.33. The third-order valence-corrected chi connectivity index (χ3v) is 24.7. The number of hydrogen-bond donors (Lipinski definition) is 0. The van der Waals surface area contributed by atoms with Crippen LogP contribution in [0.15, 0.2) is 172 Å². The van der Waals surface area contributed by atoms with E-state index in [-0.39, 0.29) is 43.2 Å². The maximum Gasteiger partial charge on any atom is 0.178 e. The van der Waals surface area contributed by atoms with Gasteiger partial charge in [0.05, 0.1) is 5.69 Å². The van der Waals surface area contributed by atoms with Crippen molar-refractivity contribution in [2.45, 2.75) is 167 Å². The number of aryl methyl sites for hydroxylation is 1. The number of benzene rings is 4. The SMILES string of the molecule is CCN1c2nccnc2N(c2cccc(N3c4nccnc4N(CC)[C@@H]3C)c2C)[C@@H]1C.Cc1cc(N2c3nccnc3N(C)[C@H]2C)c(C)c(N2c3cccnc3N(C)[C@@H]2C)c1.[2H]C([2H])([2H])CN1c2nccnc2N(c2cccc(N3c4nccnc4N(C([2H])([2H])C([2H])([2H])[2H])[C@@H]3C)c2C)[C@@H]1C.[2H]C([2H])([2H])N1c2nccnc2N(c2cccc(N3c4nccnc4N(C)[C@H]3C)c2C)[C@H]1C. The first-order valence-electron chi connectivity index (χ1n) is 46.3. The molecule has 0 bridgehead atoms. The molecule has 121 heavy (non-hydrogen) atoms. The van der Waals surface area contributed by atoms with Crippen LogP contribution < -0.4 is 78.4 Å². The van der Waals surface area contributed by atoms with E-state index in [9.17, 15) is 0 Å². The predicted octanol–water partition coefficient (Wildman–Crippen LogP) is 16.2. The van der Waals surface area contributed by atoms with Crippen molar-refractivity contribution >= 4 is 138 Å². The Morgan fingerprint density at radius 1 is 0.256 bits per heavy atom. The van der Waals surface area contributed by atoms with Crippen LogP contribution in [0.25, 0.3) is 0 Å². The first kappa shape index (κ1) is 67.3. The minimum atomic E-state index is -2.94. The lowest BCUT2D eigenvalue weighted by atomic mass is 10.0. The normalized spacial score (nSPS) is 21.8. The Bertz CT molecular complexity index is 6160. The molecule has 622 valence electrons. The zero-order valence-corrected chi connectivity index (χ0v) is 71.3. The van der Waals surface area contributed by atoms with Gasteiger partial charge in [-0.05, 0) is 206 Å². The standard InChI is InChI=1S/2C23H28N8.C23H27N7.C21H24N8/c2*1-6-28-16(4)30(22-20(28)24-11-13-26-22)18-9-8-10-19(15(18)3)31-17(5)29(7-2)21-23(31)27-14-12-25-21;1-14-12-19(29-16(3)27(5)21-18(29)8-7-9-24-21)15(2)20(13-14)30-17(4)28(6)22-23(30)26-11-10-25-22;1-13-16(28-14(2)26(4)18-20(28)24-11-9-22-18)7-6-8-17(13)29-15(3)27(5)19-21(29)25-12-10-23-19/h2*8-14,16-17H,6-7H2,1-5H3;7-13,16-17H,1-6H3;6-12,14-15H,1-5H3/t3*16-,17+;14-,15+/m..0./s1/i1D3,2D3,6D2;;;4D3/m0..0/s1. The minimum Gasteiger partial charge on any atom is -0.337 e. The van der Waals surface area contributed by atoms with E-state index in [0.29, 0.717) is 34.8 Å². The molecule has 0 aliphatic carbocycles. The number of pyridine rings is 1. The van der Waals surface area contributed by atoms with Crippen molar-refractivity contribution in [3.8, 4) is 0 Å². The zero-order valence-electron chi connectivity index (χ0n) is 82.3. The van der Waals surface area contributed by atoms with E-state index in [1.165, 1.54) is 52.1 Å². The molecule has 8 atom stereocenters. The summed E-state index contributed by atoms with van der Waals surface area (Å²) < 4.78 is 88.1. The highest BCUT2D eigenvalue weighted by molar-refractivity contribution is 5.92. The number of rotatable bonds is 12. The molecule has 0 saturated carbocycles. The number of fused-ring (bicyclic) bond motifs is 8. The summed E-state index contributed by atoms with van der Waals surface area (Å²) >= 11 is 0. The number of hydrogen-bond acceptors (Lipinski definition) is 31. The van der Waals surface area contributed by atoms with Gasteiger partial charge < -0.3 is 78.4 Å². The van der Waals surface area contributed by atoms with Gasteiger partial charge in [0.1, 0.15) is 49.3 Å². The highest BCUT2D eigenvalue weighted by atomic mass is 15.5. The van der Waals surface area contributed by atoms with E-state index in [1.807, 2.05) is 93.2 Å². The van der Waals surface area contributed by atoms with Crippen LogP contribution in [0.2, 0.25) is 0 Å². The first-order chi connectivity index (χ1) is 62.8. The van der Waals surface area contributed by atoms with Gasteiger partial charge in [-0.25, -0.2) is 74.8 Å². The van der Waals surface area contributed by atoms with E-state index in [1.54, 1.807) is 78.7 Å². The van der Waals surface area contributed by atoms with Gasteiger partial charge in [0.15, 0.2) is 87.3 Å². The average molecular weight is 1630 g/mol. The summed E-state index contributed by atoms with van der Waals surface area (Å²) in [5.41, 5.74) is 14.4. The molecule has 8 aromatic heterocycles. The summed E-state index contributed by atoms with van der Waals surface area (Å²) in [6.07, 6.45) is 23.8. The molecule has 8 aliphatic heterocycles. The highest BCUT2D eigenvalue weighted by Gasteiger charge is 2.45. The Labute approximate surface area is 724 Å². The van der Waals surface area contributed by atoms with Crippen molar-refractivity contribution in [1.29, 1.82) is 0 Å². The molecule has 16 heterocycles. The van der Waals surface area contributed by atoms with E-state index in [4.69, 9.17) is 15.1 Å². The van der Waals surface area contributed by atoms with E-state index < -0.39 is 45.7 Å². The Morgan fingerprint density at radius 3 is 0.851 bits per heavy atom. The summed E-state index contributed by atoms with van der Waals surface area (Å²) in [6, 6.07) is 26.7. The van der Waals surface area contributed by atoms with Gasteiger partial charge in [-0.2, -0.15) is 0 Å². The van der Waals surface area contributed by atoms with Crippen molar-refractivity contribution in [2.24, 2.45) is 0 Å². The average Bonchev–Trinajstić information content (AvgIpc) is 1.57.